The highest BCUT2D eigenvalue weighted by Gasteiger charge is 1.89. The number of H-pyrrole nitrogens is 1. The van der Waals surface area contributed by atoms with Crippen molar-refractivity contribution in [3.05, 3.63) is 46.8 Å². The second-order valence-electron chi connectivity index (χ2n) is 2.33. The maximum Gasteiger partial charge on any atom is 0.256 e. The largest absolute Gasteiger partial charge is 0.321 e. The Labute approximate surface area is 63.5 Å². The molecule has 0 aliphatic rings. The number of rotatable bonds is 0. The van der Waals surface area contributed by atoms with E-state index in [0.29, 0.717) is 0 Å². The molecule has 0 aliphatic heterocycles. The van der Waals surface area contributed by atoms with Gasteiger partial charge in [0.1, 0.15) is 0 Å². The highest BCUT2D eigenvalue weighted by Crippen LogP contribution is 2.05. The first-order chi connectivity index (χ1) is 5.36. The zero-order valence-corrected chi connectivity index (χ0v) is 5.79. The van der Waals surface area contributed by atoms with Gasteiger partial charge in [-0.05, 0) is 17.5 Å². The van der Waals surface area contributed by atoms with Crippen molar-refractivity contribution in [1.29, 1.82) is 0 Å². The van der Waals surface area contributed by atoms with Gasteiger partial charge in [-0.1, -0.05) is 18.2 Å². The Hall–Kier alpha value is -1.57. The summed E-state index contributed by atoms with van der Waals surface area (Å²) in [6.07, 6.45) is 0. The van der Waals surface area contributed by atoms with Gasteiger partial charge in [0.2, 0.25) is 0 Å². The molecule has 0 unspecified atom stereocenters. The Morgan fingerprint density at radius 3 is 3.00 bits per heavy atom. The standard InChI is InChI=1S/C9H6NO/c11-9-6-5-7-3-1-2-4-8(7)10-9/h1-5H,(H,10,11). The Kier molecular flexibility index (Phi) is 1.25. The lowest BCUT2D eigenvalue weighted by molar-refractivity contribution is 1.30. The van der Waals surface area contributed by atoms with Crippen LogP contribution in [0.3, 0.4) is 0 Å². The van der Waals surface area contributed by atoms with Crippen LogP contribution in [0.15, 0.2) is 35.1 Å². The van der Waals surface area contributed by atoms with Crippen LogP contribution < -0.4 is 5.56 Å². The van der Waals surface area contributed by atoms with E-state index >= 15 is 0 Å². The SMILES string of the molecule is O=c1[c]cc2ccccc2[nH]1. The summed E-state index contributed by atoms with van der Waals surface area (Å²) >= 11 is 0. The molecule has 0 saturated carbocycles. The zero-order chi connectivity index (χ0) is 7.68. The molecule has 0 spiro atoms. The lowest BCUT2D eigenvalue weighted by Gasteiger charge is -1.92. The smallest absolute Gasteiger partial charge is 0.256 e. The van der Waals surface area contributed by atoms with Crippen LogP contribution in [0.1, 0.15) is 0 Å². The molecule has 0 amide bonds. The Bertz CT molecular complexity index is 431. The number of pyridine rings is 1. The van der Waals surface area contributed by atoms with Crippen LogP contribution in [0.25, 0.3) is 10.9 Å². The molecule has 0 saturated heterocycles. The number of aromatic nitrogens is 1. The van der Waals surface area contributed by atoms with Crippen molar-refractivity contribution < 1.29 is 0 Å². The number of hydrogen-bond donors (Lipinski definition) is 1. The van der Waals surface area contributed by atoms with Crippen molar-refractivity contribution >= 4 is 10.9 Å². The van der Waals surface area contributed by atoms with Crippen LogP contribution in [-0.4, -0.2) is 4.98 Å². The van der Waals surface area contributed by atoms with Crippen molar-refractivity contribution in [2.75, 3.05) is 0 Å². The van der Waals surface area contributed by atoms with Gasteiger partial charge in [-0.2, -0.15) is 0 Å². The van der Waals surface area contributed by atoms with Crippen LogP contribution in [0, 0.1) is 6.07 Å². The Morgan fingerprint density at radius 1 is 1.27 bits per heavy atom. The van der Waals surface area contributed by atoms with Gasteiger partial charge in [-0.3, -0.25) is 4.79 Å². The number of benzene rings is 1. The maximum absolute atomic E-state index is 10.8. The van der Waals surface area contributed by atoms with Crippen LogP contribution in [-0.2, 0) is 0 Å². The summed E-state index contributed by atoms with van der Waals surface area (Å²) in [7, 11) is 0. The third-order valence-corrected chi connectivity index (χ3v) is 1.57. The molecule has 2 heteroatoms. The third-order valence-electron chi connectivity index (χ3n) is 1.57. The summed E-state index contributed by atoms with van der Waals surface area (Å²) in [4.78, 5) is 13.5. The molecule has 0 bridgehead atoms. The van der Waals surface area contributed by atoms with Crippen LogP contribution in [0.2, 0.25) is 0 Å². The molecule has 1 aromatic carbocycles. The number of nitrogens with one attached hydrogen (secondary N) is 1. The highest BCUT2D eigenvalue weighted by molar-refractivity contribution is 5.77. The normalized spacial score (nSPS) is 10.2. The maximum atomic E-state index is 10.8. The first kappa shape index (κ1) is 6.16. The molecule has 11 heavy (non-hydrogen) atoms. The van der Waals surface area contributed by atoms with E-state index in [9.17, 15) is 4.79 Å². The molecule has 2 aromatic rings. The molecule has 53 valence electrons. The van der Waals surface area contributed by atoms with Crippen LogP contribution >= 0.6 is 0 Å². The molecule has 2 nitrogen and oxygen atoms in total. The summed E-state index contributed by atoms with van der Waals surface area (Å²) in [5.41, 5.74) is 0.681. The number of fused-ring (bicyclic) bond motifs is 1. The van der Waals surface area contributed by atoms with Crippen molar-refractivity contribution in [2.45, 2.75) is 0 Å². The average molecular weight is 144 g/mol. The molecular formula is C9H6NO. The van der Waals surface area contributed by atoms with Gasteiger partial charge < -0.3 is 4.98 Å². The average Bonchev–Trinajstić information content (AvgIpc) is 2.04. The summed E-state index contributed by atoms with van der Waals surface area (Å²) in [6, 6.07) is 11.9. The molecule has 0 aliphatic carbocycles. The molecule has 1 aromatic heterocycles. The van der Waals surface area contributed by atoms with E-state index in [1.165, 1.54) is 0 Å². The van der Waals surface area contributed by atoms with E-state index in [4.69, 9.17) is 0 Å². The van der Waals surface area contributed by atoms with Gasteiger partial charge in [0, 0.05) is 5.52 Å². The molecule has 1 N–H and O–H groups in total. The third kappa shape index (κ3) is 1.03. The predicted octanol–water partition coefficient (Wildman–Crippen LogP) is 1.33. The first-order valence-corrected chi connectivity index (χ1v) is 3.36. The summed E-state index contributed by atoms with van der Waals surface area (Å²) in [5.74, 6) is 0. The number of para-hydroxylation sites is 1. The molecule has 0 atom stereocenters. The Morgan fingerprint density at radius 2 is 2.09 bits per heavy atom. The van der Waals surface area contributed by atoms with Gasteiger partial charge in [0.15, 0.2) is 0 Å². The van der Waals surface area contributed by atoms with Crippen molar-refractivity contribution in [2.24, 2.45) is 0 Å². The molecule has 1 radical (unpaired) electrons. The second-order valence-corrected chi connectivity index (χ2v) is 2.33. The van der Waals surface area contributed by atoms with E-state index in [0.717, 1.165) is 10.9 Å². The minimum Gasteiger partial charge on any atom is -0.321 e. The van der Waals surface area contributed by atoms with Crippen molar-refractivity contribution in [3.8, 4) is 0 Å². The molecular weight excluding hydrogens is 138 g/mol. The monoisotopic (exact) mass is 144 g/mol. The Balaban J connectivity index is 2.94. The summed E-state index contributed by atoms with van der Waals surface area (Å²) in [6.45, 7) is 0. The van der Waals surface area contributed by atoms with Crippen molar-refractivity contribution in [3.63, 3.8) is 0 Å². The lowest BCUT2D eigenvalue weighted by Crippen LogP contribution is -2.02. The number of hydrogen-bond acceptors (Lipinski definition) is 1. The summed E-state index contributed by atoms with van der Waals surface area (Å²) < 4.78 is 0. The van der Waals surface area contributed by atoms with E-state index in [2.05, 4.69) is 11.1 Å². The number of aromatic amines is 1. The van der Waals surface area contributed by atoms with Gasteiger partial charge in [-0.25, -0.2) is 0 Å². The fraction of sp³-hybridized carbons (Fsp3) is 0. The highest BCUT2D eigenvalue weighted by atomic mass is 16.1. The fourth-order valence-electron chi connectivity index (χ4n) is 1.04. The van der Waals surface area contributed by atoms with Gasteiger partial charge in [0.25, 0.3) is 5.56 Å². The van der Waals surface area contributed by atoms with E-state index in [1.807, 2.05) is 24.3 Å². The second kappa shape index (κ2) is 2.23. The predicted molar refractivity (Wildman–Crippen MR) is 43.4 cm³/mol. The molecule has 0 fully saturated rings. The van der Waals surface area contributed by atoms with E-state index < -0.39 is 0 Å². The van der Waals surface area contributed by atoms with Gasteiger partial charge in [-0.15, -0.1) is 0 Å². The lowest BCUT2D eigenvalue weighted by atomic mass is 10.2. The van der Waals surface area contributed by atoms with Gasteiger partial charge in [0.05, 0.1) is 6.07 Å². The topological polar surface area (TPSA) is 32.9 Å². The van der Waals surface area contributed by atoms with Gasteiger partial charge >= 0.3 is 0 Å². The van der Waals surface area contributed by atoms with Crippen LogP contribution in [0.4, 0.5) is 0 Å². The fourth-order valence-corrected chi connectivity index (χ4v) is 1.04. The van der Waals surface area contributed by atoms with Crippen molar-refractivity contribution in [1.82, 2.24) is 4.98 Å². The minimum absolute atomic E-state index is 0.177. The minimum atomic E-state index is -0.177. The quantitative estimate of drug-likeness (QED) is 0.594. The molecule has 1 heterocycles. The first-order valence-electron chi connectivity index (χ1n) is 3.36. The van der Waals surface area contributed by atoms with Crippen LogP contribution in [0.5, 0.6) is 0 Å². The summed E-state index contributed by atoms with van der Waals surface area (Å²) in [5, 5.41) is 1.01. The molecule has 2 rings (SSSR count). The van der Waals surface area contributed by atoms with E-state index in [-0.39, 0.29) is 5.56 Å². The van der Waals surface area contributed by atoms with E-state index in [1.54, 1.807) is 6.07 Å². The zero-order valence-electron chi connectivity index (χ0n) is 5.79.